The summed E-state index contributed by atoms with van der Waals surface area (Å²) in [5, 5.41) is 9.64. The topological polar surface area (TPSA) is 46.5 Å². The standard InChI is InChI=1S/C22H34O3/c1-4-5-17-6-8-18(9-7-17)19-10-12-20(13-11-19)21(14-23)15-25-22(24)16(2)3/h10-13,16-18,21,23H,4-9,14-15H2,1-3H3. The summed E-state index contributed by atoms with van der Waals surface area (Å²) in [4.78, 5) is 11.6. The summed E-state index contributed by atoms with van der Waals surface area (Å²) in [7, 11) is 0. The van der Waals surface area contributed by atoms with E-state index in [1.165, 1.54) is 44.1 Å². The Morgan fingerprint density at radius 3 is 2.32 bits per heavy atom. The molecule has 1 aliphatic carbocycles. The van der Waals surface area contributed by atoms with Crippen LogP contribution in [0.4, 0.5) is 0 Å². The van der Waals surface area contributed by atoms with Gasteiger partial charge in [-0.2, -0.15) is 0 Å². The van der Waals surface area contributed by atoms with Crippen LogP contribution in [-0.4, -0.2) is 24.3 Å². The van der Waals surface area contributed by atoms with Gasteiger partial charge in [0, 0.05) is 5.92 Å². The molecule has 1 fully saturated rings. The van der Waals surface area contributed by atoms with Crippen molar-refractivity contribution in [2.75, 3.05) is 13.2 Å². The lowest BCUT2D eigenvalue weighted by atomic mass is 9.77. The maximum atomic E-state index is 11.6. The Morgan fingerprint density at radius 2 is 1.80 bits per heavy atom. The van der Waals surface area contributed by atoms with Crippen LogP contribution < -0.4 is 0 Å². The molecular formula is C22H34O3. The third-order valence-electron chi connectivity index (χ3n) is 5.54. The van der Waals surface area contributed by atoms with Gasteiger partial charge in [0.05, 0.1) is 12.5 Å². The number of esters is 1. The van der Waals surface area contributed by atoms with Gasteiger partial charge in [0.25, 0.3) is 0 Å². The number of rotatable bonds is 8. The van der Waals surface area contributed by atoms with Crippen molar-refractivity contribution < 1.29 is 14.6 Å². The molecule has 0 aliphatic heterocycles. The zero-order valence-corrected chi connectivity index (χ0v) is 16.0. The average Bonchev–Trinajstić information content (AvgIpc) is 2.63. The first-order chi connectivity index (χ1) is 12.0. The highest BCUT2D eigenvalue weighted by Crippen LogP contribution is 2.37. The van der Waals surface area contributed by atoms with Gasteiger partial charge in [0.1, 0.15) is 6.61 Å². The molecule has 3 nitrogen and oxygen atoms in total. The van der Waals surface area contributed by atoms with E-state index >= 15 is 0 Å². The Morgan fingerprint density at radius 1 is 1.16 bits per heavy atom. The summed E-state index contributed by atoms with van der Waals surface area (Å²) in [6.07, 6.45) is 7.96. The number of hydrogen-bond donors (Lipinski definition) is 1. The Balaban J connectivity index is 1.91. The summed E-state index contributed by atoms with van der Waals surface area (Å²) in [6.45, 7) is 6.16. The second-order valence-electron chi connectivity index (χ2n) is 7.84. The molecule has 2 rings (SSSR count). The van der Waals surface area contributed by atoms with E-state index in [0.717, 1.165) is 11.5 Å². The van der Waals surface area contributed by atoms with Crippen LogP contribution in [0.2, 0.25) is 0 Å². The summed E-state index contributed by atoms with van der Waals surface area (Å²) in [5.74, 6) is 1.11. The fourth-order valence-electron chi connectivity index (χ4n) is 3.84. The summed E-state index contributed by atoms with van der Waals surface area (Å²) < 4.78 is 5.29. The fourth-order valence-corrected chi connectivity index (χ4v) is 3.84. The molecule has 0 bridgehead atoms. The molecule has 1 aromatic carbocycles. The van der Waals surface area contributed by atoms with Gasteiger partial charge in [-0.1, -0.05) is 57.9 Å². The molecule has 140 valence electrons. The van der Waals surface area contributed by atoms with Gasteiger partial charge in [-0.25, -0.2) is 0 Å². The molecule has 0 spiro atoms. The van der Waals surface area contributed by atoms with Gasteiger partial charge in [0.2, 0.25) is 0 Å². The maximum Gasteiger partial charge on any atom is 0.308 e. The predicted octanol–water partition coefficient (Wildman–Crippen LogP) is 5.04. The van der Waals surface area contributed by atoms with E-state index < -0.39 is 0 Å². The van der Waals surface area contributed by atoms with Crippen LogP contribution in [-0.2, 0) is 9.53 Å². The first kappa shape index (κ1) is 20.0. The molecule has 0 heterocycles. The molecule has 1 saturated carbocycles. The molecule has 1 atom stereocenters. The van der Waals surface area contributed by atoms with Crippen molar-refractivity contribution in [2.24, 2.45) is 11.8 Å². The number of ether oxygens (including phenoxy) is 1. The third kappa shape index (κ3) is 5.85. The molecule has 0 aromatic heterocycles. The van der Waals surface area contributed by atoms with E-state index in [1.54, 1.807) is 0 Å². The Labute approximate surface area is 152 Å². The normalized spacial score (nSPS) is 22.0. The number of carbonyl (C=O) groups excluding carboxylic acids is 1. The minimum atomic E-state index is -0.209. The van der Waals surface area contributed by atoms with Gasteiger partial charge in [-0.3, -0.25) is 4.79 Å². The smallest absolute Gasteiger partial charge is 0.308 e. The molecule has 1 aromatic rings. The molecule has 3 heteroatoms. The SMILES string of the molecule is CCCC1CCC(c2ccc(C(CO)COC(=O)C(C)C)cc2)CC1. The van der Waals surface area contributed by atoms with Crippen LogP contribution in [0.5, 0.6) is 0 Å². The molecular weight excluding hydrogens is 312 g/mol. The average molecular weight is 347 g/mol. The van der Waals surface area contributed by atoms with Gasteiger partial charge in [-0.15, -0.1) is 0 Å². The van der Waals surface area contributed by atoms with Crippen molar-refractivity contribution in [1.29, 1.82) is 0 Å². The van der Waals surface area contributed by atoms with E-state index in [4.69, 9.17) is 4.74 Å². The highest BCUT2D eigenvalue weighted by Gasteiger charge is 2.22. The van der Waals surface area contributed by atoms with Crippen molar-refractivity contribution in [3.63, 3.8) is 0 Å². The van der Waals surface area contributed by atoms with Crippen LogP contribution in [0.3, 0.4) is 0 Å². The van der Waals surface area contributed by atoms with E-state index in [0.29, 0.717) is 5.92 Å². The van der Waals surface area contributed by atoms with Crippen molar-refractivity contribution in [3.8, 4) is 0 Å². The fraction of sp³-hybridized carbons (Fsp3) is 0.682. The predicted molar refractivity (Wildman–Crippen MR) is 102 cm³/mol. The number of benzene rings is 1. The Kier molecular flexibility index (Phi) is 7.95. The van der Waals surface area contributed by atoms with E-state index in [1.807, 2.05) is 13.8 Å². The lowest BCUT2D eigenvalue weighted by Gasteiger charge is -2.29. The van der Waals surface area contributed by atoms with Gasteiger partial charge in [-0.05, 0) is 48.6 Å². The van der Waals surface area contributed by atoms with E-state index in [2.05, 4.69) is 31.2 Å². The second kappa shape index (κ2) is 9.96. The van der Waals surface area contributed by atoms with Crippen molar-refractivity contribution in [2.45, 2.75) is 71.1 Å². The van der Waals surface area contributed by atoms with Gasteiger partial charge < -0.3 is 9.84 Å². The summed E-state index contributed by atoms with van der Waals surface area (Å²) in [6, 6.07) is 8.59. The zero-order chi connectivity index (χ0) is 18.2. The van der Waals surface area contributed by atoms with E-state index in [9.17, 15) is 9.90 Å². The quantitative estimate of drug-likeness (QED) is 0.671. The van der Waals surface area contributed by atoms with E-state index in [-0.39, 0.29) is 31.0 Å². The highest BCUT2D eigenvalue weighted by molar-refractivity contribution is 5.71. The van der Waals surface area contributed by atoms with Crippen molar-refractivity contribution in [1.82, 2.24) is 0 Å². The first-order valence-corrected chi connectivity index (χ1v) is 9.92. The number of hydrogen-bond acceptors (Lipinski definition) is 3. The minimum absolute atomic E-state index is 0.00710. The van der Waals surface area contributed by atoms with Crippen LogP contribution in [0.15, 0.2) is 24.3 Å². The number of aliphatic hydroxyl groups is 1. The molecule has 0 radical (unpaired) electrons. The minimum Gasteiger partial charge on any atom is -0.465 e. The summed E-state index contributed by atoms with van der Waals surface area (Å²) in [5.41, 5.74) is 2.46. The Hall–Kier alpha value is -1.35. The molecule has 0 saturated heterocycles. The van der Waals surface area contributed by atoms with Crippen molar-refractivity contribution in [3.05, 3.63) is 35.4 Å². The van der Waals surface area contributed by atoms with Crippen LogP contribution in [0.25, 0.3) is 0 Å². The number of aliphatic hydroxyl groups excluding tert-OH is 1. The Bertz CT molecular complexity index is 513. The van der Waals surface area contributed by atoms with Gasteiger partial charge in [0.15, 0.2) is 0 Å². The van der Waals surface area contributed by atoms with Crippen LogP contribution >= 0.6 is 0 Å². The maximum absolute atomic E-state index is 11.6. The van der Waals surface area contributed by atoms with Gasteiger partial charge >= 0.3 is 5.97 Å². The monoisotopic (exact) mass is 346 g/mol. The first-order valence-electron chi connectivity index (χ1n) is 9.92. The summed E-state index contributed by atoms with van der Waals surface area (Å²) >= 11 is 0. The highest BCUT2D eigenvalue weighted by atomic mass is 16.5. The molecule has 0 amide bonds. The zero-order valence-electron chi connectivity index (χ0n) is 16.0. The second-order valence-corrected chi connectivity index (χ2v) is 7.84. The van der Waals surface area contributed by atoms with Crippen molar-refractivity contribution >= 4 is 5.97 Å². The number of carbonyl (C=O) groups is 1. The lowest BCUT2D eigenvalue weighted by Crippen LogP contribution is -2.19. The largest absolute Gasteiger partial charge is 0.465 e. The molecule has 1 N–H and O–H groups in total. The molecule has 1 aliphatic rings. The van der Waals surface area contributed by atoms with Crippen LogP contribution in [0.1, 0.15) is 82.3 Å². The molecule has 1 unspecified atom stereocenters. The third-order valence-corrected chi connectivity index (χ3v) is 5.54. The lowest BCUT2D eigenvalue weighted by molar-refractivity contribution is -0.148. The molecule has 25 heavy (non-hydrogen) atoms. The van der Waals surface area contributed by atoms with Crippen LogP contribution in [0, 0.1) is 11.8 Å².